The van der Waals surface area contributed by atoms with Gasteiger partial charge in [-0.15, -0.1) is 0 Å². The predicted molar refractivity (Wildman–Crippen MR) is 224 cm³/mol. The van der Waals surface area contributed by atoms with Crippen LogP contribution in [-0.2, 0) is 28.6 Å². The number of allylic oxidation sites excluding steroid dienone is 10. The van der Waals surface area contributed by atoms with E-state index in [0.717, 1.165) is 83.5 Å². The van der Waals surface area contributed by atoms with Crippen LogP contribution in [-0.4, -0.2) is 37.2 Å². The molecule has 0 rings (SSSR count). The fourth-order valence-corrected chi connectivity index (χ4v) is 5.73. The molecule has 0 aliphatic rings. The minimum absolute atomic E-state index is 0.0986. The quantitative estimate of drug-likeness (QED) is 0.0271. The molecule has 0 aliphatic carbocycles. The standard InChI is InChI=1S/C47H80O6/c1-4-7-10-13-16-19-21-22-23-24-25-26-29-31-34-37-40-46(49)52-43-44(42-51-45(48)39-36-33-30-27-18-15-12-9-6-3)53-47(50)41-38-35-32-28-20-17-14-11-8-5-2/h7,10,16,19,22-23,25-27,30,44H,4-6,8-9,11-15,17-18,20-21,24,28-29,31-43H2,1-3H3/b10-7-,19-16-,23-22-,26-25-,30-27-. The Kier molecular flexibility index (Phi) is 39.6. The lowest BCUT2D eigenvalue weighted by Crippen LogP contribution is -2.30. The highest BCUT2D eigenvalue weighted by Gasteiger charge is 2.19. The summed E-state index contributed by atoms with van der Waals surface area (Å²) in [5.41, 5.74) is 0. The van der Waals surface area contributed by atoms with E-state index in [1.54, 1.807) is 0 Å². The second kappa shape index (κ2) is 41.9. The van der Waals surface area contributed by atoms with Crippen molar-refractivity contribution in [1.29, 1.82) is 0 Å². The van der Waals surface area contributed by atoms with Gasteiger partial charge in [-0.05, 0) is 77.0 Å². The van der Waals surface area contributed by atoms with Crippen molar-refractivity contribution in [1.82, 2.24) is 0 Å². The van der Waals surface area contributed by atoms with Crippen LogP contribution in [0.4, 0.5) is 0 Å². The van der Waals surface area contributed by atoms with E-state index in [4.69, 9.17) is 14.2 Å². The molecule has 53 heavy (non-hydrogen) atoms. The highest BCUT2D eigenvalue weighted by Crippen LogP contribution is 2.13. The summed E-state index contributed by atoms with van der Waals surface area (Å²) in [5.74, 6) is -0.970. The maximum atomic E-state index is 12.6. The Morgan fingerprint density at radius 2 is 0.755 bits per heavy atom. The summed E-state index contributed by atoms with van der Waals surface area (Å²) in [7, 11) is 0. The maximum absolute atomic E-state index is 12.6. The van der Waals surface area contributed by atoms with E-state index in [1.807, 2.05) is 0 Å². The highest BCUT2D eigenvalue weighted by atomic mass is 16.6. The van der Waals surface area contributed by atoms with Crippen molar-refractivity contribution in [2.45, 2.75) is 207 Å². The molecule has 1 unspecified atom stereocenters. The van der Waals surface area contributed by atoms with Gasteiger partial charge in [-0.3, -0.25) is 14.4 Å². The smallest absolute Gasteiger partial charge is 0.306 e. The van der Waals surface area contributed by atoms with Crippen molar-refractivity contribution in [2.24, 2.45) is 0 Å². The van der Waals surface area contributed by atoms with E-state index < -0.39 is 6.10 Å². The molecule has 0 amide bonds. The maximum Gasteiger partial charge on any atom is 0.306 e. The summed E-state index contributed by atoms with van der Waals surface area (Å²) >= 11 is 0. The minimum Gasteiger partial charge on any atom is -0.462 e. The lowest BCUT2D eigenvalue weighted by Gasteiger charge is -2.18. The summed E-state index contributed by atoms with van der Waals surface area (Å²) in [6.45, 7) is 6.40. The molecule has 0 aliphatic heterocycles. The zero-order valence-corrected chi connectivity index (χ0v) is 34.5. The first-order chi connectivity index (χ1) is 26.0. The molecule has 0 aromatic rings. The van der Waals surface area contributed by atoms with Crippen molar-refractivity contribution in [3.63, 3.8) is 0 Å². The summed E-state index contributed by atoms with van der Waals surface area (Å²) in [6.07, 6.45) is 49.3. The van der Waals surface area contributed by atoms with Crippen LogP contribution in [0.2, 0.25) is 0 Å². The highest BCUT2D eigenvalue weighted by molar-refractivity contribution is 5.71. The van der Waals surface area contributed by atoms with Gasteiger partial charge in [0, 0.05) is 19.3 Å². The number of esters is 3. The molecule has 0 saturated carbocycles. The molecule has 304 valence electrons. The van der Waals surface area contributed by atoms with E-state index >= 15 is 0 Å². The average Bonchev–Trinajstić information content (AvgIpc) is 3.15. The SMILES string of the molecule is CC/C=C\C/C=C\C/C=C\C/C=C\CCCCCC(=O)OCC(COC(=O)CCC/C=C\CCCCCC)OC(=O)CCCCCCCCCCCC. The summed E-state index contributed by atoms with van der Waals surface area (Å²) in [6, 6.07) is 0. The van der Waals surface area contributed by atoms with Crippen LogP contribution in [0.3, 0.4) is 0 Å². The van der Waals surface area contributed by atoms with Gasteiger partial charge in [0.1, 0.15) is 13.2 Å². The normalized spacial score (nSPS) is 12.6. The topological polar surface area (TPSA) is 78.9 Å². The summed E-state index contributed by atoms with van der Waals surface area (Å²) in [5, 5.41) is 0. The van der Waals surface area contributed by atoms with Gasteiger partial charge in [-0.25, -0.2) is 0 Å². The van der Waals surface area contributed by atoms with E-state index in [1.165, 1.54) is 70.6 Å². The zero-order valence-electron chi connectivity index (χ0n) is 34.5. The first kappa shape index (κ1) is 50.1. The van der Waals surface area contributed by atoms with Gasteiger partial charge < -0.3 is 14.2 Å². The second-order valence-electron chi connectivity index (χ2n) is 14.2. The van der Waals surface area contributed by atoms with Crippen molar-refractivity contribution < 1.29 is 28.6 Å². The van der Waals surface area contributed by atoms with Crippen molar-refractivity contribution in [3.8, 4) is 0 Å². The molecule has 0 spiro atoms. The molecular formula is C47H80O6. The first-order valence-corrected chi connectivity index (χ1v) is 21.8. The van der Waals surface area contributed by atoms with Crippen LogP contribution >= 0.6 is 0 Å². The van der Waals surface area contributed by atoms with E-state index in [9.17, 15) is 14.4 Å². The molecule has 0 saturated heterocycles. The lowest BCUT2D eigenvalue weighted by atomic mass is 10.1. The van der Waals surface area contributed by atoms with E-state index in [2.05, 4.69) is 81.5 Å². The summed E-state index contributed by atoms with van der Waals surface area (Å²) in [4.78, 5) is 37.6. The third kappa shape index (κ3) is 40.1. The molecule has 6 heteroatoms. The third-order valence-corrected chi connectivity index (χ3v) is 9.01. The van der Waals surface area contributed by atoms with Crippen LogP contribution in [0.25, 0.3) is 0 Å². The molecule has 6 nitrogen and oxygen atoms in total. The second-order valence-corrected chi connectivity index (χ2v) is 14.2. The van der Waals surface area contributed by atoms with Crippen LogP contribution in [0.5, 0.6) is 0 Å². The number of hydrogen-bond acceptors (Lipinski definition) is 6. The van der Waals surface area contributed by atoms with Crippen LogP contribution < -0.4 is 0 Å². The Balaban J connectivity index is 4.42. The van der Waals surface area contributed by atoms with Gasteiger partial charge in [-0.2, -0.15) is 0 Å². The number of unbranched alkanes of at least 4 members (excludes halogenated alkanes) is 17. The monoisotopic (exact) mass is 741 g/mol. The van der Waals surface area contributed by atoms with Gasteiger partial charge >= 0.3 is 17.9 Å². The number of carbonyl (C=O) groups is 3. The molecule has 0 aromatic heterocycles. The van der Waals surface area contributed by atoms with Gasteiger partial charge in [0.25, 0.3) is 0 Å². The summed E-state index contributed by atoms with van der Waals surface area (Å²) < 4.78 is 16.6. The van der Waals surface area contributed by atoms with Gasteiger partial charge in [0.05, 0.1) is 0 Å². The Bertz CT molecular complexity index is 991. The molecule has 0 aromatic carbocycles. The molecule has 0 heterocycles. The number of hydrogen-bond donors (Lipinski definition) is 0. The molecule has 0 N–H and O–H groups in total. The van der Waals surface area contributed by atoms with Crippen molar-refractivity contribution in [3.05, 3.63) is 60.8 Å². The van der Waals surface area contributed by atoms with E-state index in [0.29, 0.717) is 25.7 Å². The lowest BCUT2D eigenvalue weighted by molar-refractivity contribution is -0.167. The molecule has 0 radical (unpaired) electrons. The predicted octanol–water partition coefficient (Wildman–Crippen LogP) is 13.7. The Labute approximate surface area is 326 Å². The molecule has 0 fully saturated rings. The van der Waals surface area contributed by atoms with Gasteiger partial charge in [0.15, 0.2) is 6.10 Å². The average molecular weight is 741 g/mol. The third-order valence-electron chi connectivity index (χ3n) is 9.01. The Hall–Kier alpha value is -2.89. The number of rotatable bonds is 38. The fourth-order valence-electron chi connectivity index (χ4n) is 5.73. The zero-order chi connectivity index (χ0) is 38.7. The van der Waals surface area contributed by atoms with Crippen molar-refractivity contribution in [2.75, 3.05) is 13.2 Å². The van der Waals surface area contributed by atoms with Crippen LogP contribution in [0.1, 0.15) is 201 Å². The Morgan fingerprint density at radius 1 is 0.396 bits per heavy atom. The van der Waals surface area contributed by atoms with Crippen LogP contribution in [0, 0.1) is 0 Å². The van der Waals surface area contributed by atoms with Crippen molar-refractivity contribution >= 4 is 17.9 Å². The fraction of sp³-hybridized carbons (Fsp3) is 0.723. The molecule has 0 bridgehead atoms. The van der Waals surface area contributed by atoms with E-state index in [-0.39, 0.29) is 31.1 Å². The first-order valence-electron chi connectivity index (χ1n) is 21.8. The van der Waals surface area contributed by atoms with Crippen LogP contribution in [0.15, 0.2) is 60.8 Å². The minimum atomic E-state index is -0.792. The largest absolute Gasteiger partial charge is 0.462 e. The van der Waals surface area contributed by atoms with Gasteiger partial charge in [-0.1, -0.05) is 165 Å². The molecule has 1 atom stereocenters. The Morgan fingerprint density at radius 3 is 1.26 bits per heavy atom. The van der Waals surface area contributed by atoms with Gasteiger partial charge in [0.2, 0.25) is 0 Å². The molecular weight excluding hydrogens is 661 g/mol. The number of ether oxygens (including phenoxy) is 3. The number of carbonyl (C=O) groups excluding carboxylic acids is 3.